The van der Waals surface area contributed by atoms with Gasteiger partial charge in [-0.05, 0) is 30.7 Å². The van der Waals surface area contributed by atoms with Crippen LogP contribution in [0.5, 0.6) is 0 Å². The SMILES string of the molecule is O=C(NCCCc1ncc[nH]1)c1ccc2ncccc2c1. The van der Waals surface area contributed by atoms with Gasteiger partial charge in [0.2, 0.25) is 0 Å². The second-order valence-corrected chi connectivity index (χ2v) is 4.81. The third-order valence-corrected chi connectivity index (χ3v) is 3.30. The Hall–Kier alpha value is -2.69. The molecule has 0 atom stereocenters. The molecule has 0 unspecified atom stereocenters. The van der Waals surface area contributed by atoms with Crippen LogP contribution in [0.15, 0.2) is 48.9 Å². The first-order valence-corrected chi connectivity index (χ1v) is 6.94. The van der Waals surface area contributed by atoms with Gasteiger partial charge >= 0.3 is 0 Å². The lowest BCUT2D eigenvalue weighted by Gasteiger charge is -2.05. The molecule has 2 N–H and O–H groups in total. The number of aryl methyl sites for hydroxylation is 1. The van der Waals surface area contributed by atoms with Crippen molar-refractivity contribution in [1.82, 2.24) is 20.3 Å². The normalized spacial score (nSPS) is 10.7. The molecule has 0 radical (unpaired) electrons. The van der Waals surface area contributed by atoms with Gasteiger partial charge in [0.25, 0.3) is 5.91 Å². The molecule has 0 aliphatic heterocycles. The maximum Gasteiger partial charge on any atom is 0.251 e. The molecule has 1 aromatic carbocycles. The van der Waals surface area contributed by atoms with Crippen molar-refractivity contribution >= 4 is 16.8 Å². The Morgan fingerprint density at radius 3 is 3.00 bits per heavy atom. The van der Waals surface area contributed by atoms with Crippen LogP contribution in [-0.4, -0.2) is 27.4 Å². The number of hydrogen-bond acceptors (Lipinski definition) is 3. The van der Waals surface area contributed by atoms with Gasteiger partial charge < -0.3 is 10.3 Å². The molecule has 0 bridgehead atoms. The molecular formula is C16H16N4O. The number of carbonyl (C=O) groups is 1. The number of nitrogens with zero attached hydrogens (tertiary/aromatic N) is 2. The number of aromatic amines is 1. The summed E-state index contributed by atoms with van der Waals surface area (Å²) in [6, 6.07) is 9.36. The third-order valence-electron chi connectivity index (χ3n) is 3.30. The number of benzene rings is 1. The minimum atomic E-state index is -0.0554. The van der Waals surface area contributed by atoms with E-state index in [9.17, 15) is 4.79 Å². The van der Waals surface area contributed by atoms with E-state index in [0.29, 0.717) is 12.1 Å². The number of rotatable bonds is 5. The standard InChI is InChI=1S/C16H16N4O/c21-16(20-8-2-4-15-18-9-10-19-15)13-5-6-14-12(11-13)3-1-7-17-14/h1,3,5-7,9-11H,2,4,8H2,(H,18,19)(H,20,21). The summed E-state index contributed by atoms with van der Waals surface area (Å²) in [5.41, 5.74) is 1.56. The first kappa shape index (κ1) is 13.3. The summed E-state index contributed by atoms with van der Waals surface area (Å²) in [5, 5.41) is 3.90. The number of carbonyl (C=O) groups excluding carboxylic acids is 1. The Morgan fingerprint density at radius 1 is 1.19 bits per heavy atom. The maximum absolute atomic E-state index is 12.1. The lowest BCUT2D eigenvalue weighted by molar-refractivity contribution is 0.0953. The van der Waals surface area contributed by atoms with Crippen LogP contribution < -0.4 is 5.32 Å². The summed E-state index contributed by atoms with van der Waals surface area (Å²) in [4.78, 5) is 23.5. The maximum atomic E-state index is 12.1. The molecule has 0 spiro atoms. The lowest BCUT2D eigenvalue weighted by atomic mass is 10.1. The highest BCUT2D eigenvalue weighted by Crippen LogP contribution is 2.13. The average molecular weight is 280 g/mol. The van der Waals surface area contributed by atoms with Gasteiger partial charge in [-0.15, -0.1) is 0 Å². The molecule has 3 rings (SSSR count). The predicted molar refractivity (Wildman–Crippen MR) is 81.0 cm³/mol. The van der Waals surface area contributed by atoms with E-state index in [-0.39, 0.29) is 5.91 Å². The zero-order valence-corrected chi connectivity index (χ0v) is 11.5. The molecule has 0 saturated carbocycles. The van der Waals surface area contributed by atoms with Gasteiger partial charge in [-0.1, -0.05) is 6.07 Å². The van der Waals surface area contributed by atoms with Crippen LogP contribution in [0, 0.1) is 0 Å². The molecule has 2 aromatic heterocycles. The fourth-order valence-electron chi connectivity index (χ4n) is 2.21. The smallest absolute Gasteiger partial charge is 0.251 e. The van der Waals surface area contributed by atoms with Gasteiger partial charge in [0, 0.05) is 42.5 Å². The monoisotopic (exact) mass is 280 g/mol. The Balaban J connectivity index is 1.56. The molecule has 0 fully saturated rings. The molecule has 0 aliphatic rings. The molecule has 3 aromatic rings. The number of imidazole rings is 1. The van der Waals surface area contributed by atoms with Crippen molar-refractivity contribution in [3.63, 3.8) is 0 Å². The second-order valence-electron chi connectivity index (χ2n) is 4.81. The van der Waals surface area contributed by atoms with Crippen molar-refractivity contribution in [2.24, 2.45) is 0 Å². The highest BCUT2D eigenvalue weighted by molar-refractivity contribution is 5.97. The van der Waals surface area contributed by atoms with E-state index < -0.39 is 0 Å². The van der Waals surface area contributed by atoms with E-state index in [1.165, 1.54) is 0 Å². The average Bonchev–Trinajstić information content (AvgIpc) is 3.04. The highest BCUT2D eigenvalue weighted by Gasteiger charge is 2.06. The Morgan fingerprint density at radius 2 is 2.14 bits per heavy atom. The quantitative estimate of drug-likeness (QED) is 0.705. The van der Waals surface area contributed by atoms with E-state index in [0.717, 1.165) is 29.6 Å². The number of pyridine rings is 1. The summed E-state index contributed by atoms with van der Waals surface area (Å²) in [7, 11) is 0. The second kappa shape index (κ2) is 6.17. The molecular weight excluding hydrogens is 264 g/mol. The van der Waals surface area contributed by atoms with E-state index in [2.05, 4.69) is 20.3 Å². The molecule has 1 amide bonds. The molecule has 21 heavy (non-hydrogen) atoms. The number of nitrogens with one attached hydrogen (secondary N) is 2. The van der Waals surface area contributed by atoms with Gasteiger partial charge in [-0.2, -0.15) is 0 Å². The van der Waals surface area contributed by atoms with Crippen LogP contribution in [0.25, 0.3) is 10.9 Å². The summed E-state index contributed by atoms with van der Waals surface area (Å²) < 4.78 is 0. The fraction of sp³-hybridized carbons (Fsp3) is 0.188. The lowest BCUT2D eigenvalue weighted by Crippen LogP contribution is -2.24. The van der Waals surface area contributed by atoms with Gasteiger partial charge in [-0.25, -0.2) is 4.98 Å². The summed E-state index contributed by atoms with van der Waals surface area (Å²) >= 11 is 0. The van der Waals surface area contributed by atoms with E-state index in [4.69, 9.17) is 0 Å². The molecule has 0 saturated heterocycles. The molecule has 5 heteroatoms. The van der Waals surface area contributed by atoms with E-state index in [1.807, 2.05) is 24.3 Å². The van der Waals surface area contributed by atoms with Crippen LogP contribution in [0.2, 0.25) is 0 Å². The van der Waals surface area contributed by atoms with Gasteiger partial charge in [0.05, 0.1) is 5.52 Å². The van der Waals surface area contributed by atoms with Crippen LogP contribution in [0.1, 0.15) is 22.6 Å². The third kappa shape index (κ3) is 3.25. The van der Waals surface area contributed by atoms with Gasteiger partial charge in [0.15, 0.2) is 0 Å². The van der Waals surface area contributed by atoms with Gasteiger partial charge in [-0.3, -0.25) is 9.78 Å². The Labute approximate surface area is 122 Å². The molecule has 2 heterocycles. The number of H-pyrrole nitrogens is 1. The molecule has 106 valence electrons. The van der Waals surface area contributed by atoms with E-state index >= 15 is 0 Å². The first-order chi connectivity index (χ1) is 10.3. The van der Waals surface area contributed by atoms with Crippen molar-refractivity contribution in [2.45, 2.75) is 12.8 Å². The summed E-state index contributed by atoms with van der Waals surface area (Å²) in [5.74, 6) is 0.890. The Kier molecular flexibility index (Phi) is 3.91. The van der Waals surface area contributed by atoms with Crippen molar-refractivity contribution in [3.8, 4) is 0 Å². The van der Waals surface area contributed by atoms with Crippen LogP contribution in [0.3, 0.4) is 0 Å². The van der Waals surface area contributed by atoms with Crippen molar-refractivity contribution in [1.29, 1.82) is 0 Å². The van der Waals surface area contributed by atoms with Crippen LogP contribution in [-0.2, 0) is 6.42 Å². The van der Waals surface area contributed by atoms with Crippen molar-refractivity contribution in [2.75, 3.05) is 6.54 Å². The topological polar surface area (TPSA) is 70.7 Å². The zero-order chi connectivity index (χ0) is 14.5. The van der Waals surface area contributed by atoms with Crippen molar-refractivity contribution in [3.05, 3.63) is 60.3 Å². The van der Waals surface area contributed by atoms with E-state index in [1.54, 1.807) is 24.7 Å². The number of hydrogen-bond donors (Lipinski definition) is 2. The van der Waals surface area contributed by atoms with Crippen LogP contribution in [0.4, 0.5) is 0 Å². The van der Waals surface area contributed by atoms with Crippen LogP contribution >= 0.6 is 0 Å². The molecule has 5 nitrogen and oxygen atoms in total. The minimum Gasteiger partial charge on any atom is -0.352 e. The predicted octanol–water partition coefficient (Wildman–Crippen LogP) is 2.32. The zero-order valence-electron chi connectivity index (χ0n) is 11.5. The fourth-order valence-corrected chi connectivity index (χ4v) is 2.21. The largest absolute Gasteiger partial charge is 0.352 e. The van der Waals surface area contributed by atoms with Gasteiger partial charge in [0.1, 0.15) is 5.82 Å². The Bertz CT molecular complexity index is 737. The number of amides is 1. The van der Waals surface area contributed by atoms with Crippen molar-refractivity contribution < 1.29 is 4.79 Å². The summed E-state index contributed by atoms with van der Waals surface area (Å²) in [6.45, 7) is 0.630. The highest BCUT2D eigenvalue weighted by atomic mass is 16.1. The first-order valence-electron chi connectivity index (χ1n) is 6.94. The molecule has 0 aliphatic carbocycles. The summed E-state index contributed by atoms with van der Waals surface area (Å²) in [6.07, 6.45) is 6.97. The minimum absolute atomic E-state index is 0.0554. The number of fused-ring (bicyclic) bond motifs is 1. The number of aromatic nitrogens is 3.